The first kappa shape index (κ1) is 10.5. The summed E-state index contributed by atoms with van der Waals surface area (Å²) in [5, 5.41) is 0.935. The lowest BCUT2D eigenvalue weighted by atomic mass is 10.2. The Kier molecular flexibility index (Phi) is 2.53. The van der Waals surface area contributed by atoms with Gasteiger partial charge in [0, 0.05) is 17.8 Å². The van der Waals surface area contributed by atoms with Gasteiger partial charge in [-0.25, -0.2) is 4.98 Å². The van der Waals surface area contributed by atoms with Crippen molar-refractivity contribution in [3.05, 3.63) is 54.9 Å². The van der Waals surface area contributed by atoms with Gasteiger partial charge in [-0.2, -0.15) is 0 Å². The van der Waals surface area contributed by atoms with Gasteiger partial charge in [0.15, 0.2) is 0 Å². The van der Waals surface area contributed by atoms with Crippen molar-refractivity contribution in [3.8, 4) is 11.6 Å². The largest absolute Gasteiger partial charge is 0.436 e. The van der Waals surface area contributed by atoms with Gasteiger partial charge in [0.1, 0.15) is 5.75 Å². The van der Waals surface area contributed by atoms with Gasteiger partial charge in [0.2, 0.25) is 5.88 Å². The molecule has 0 atom stereocenters. The van der Waals surface area contributed by atoms with Crippen LogP contribution < -0.4 is 10.5 Å². The van der Waals surface area contributed by atoms with Crippen molar-refractivity contribution in [3.63, 3.8) is 0 Å². The summed E-state index contributed by atoms with van der Waals surface area (Å²) >= 11 is 0. The number of ether oxygens (including phenoxy) is 1. The van der Waals surface area contributed by atoms with Gasteiger partial charge in [0.05, 0.1) is 11.2 Å². The van der Waals surface area contributed by atoms with Crippen LogP contribution in [0.1, 0.15) is 0 Å². The Balaban J connectivity index is 2.08. The van der Waals surface area contributed by atoms with Crippen molar-refractivity contribution in [1.29, 1.82) is 0 Å². The Labute approximate surface area is 104 Å². The predicted octanol–water partition coefficient (Wildman–Crippen LogP) is 3.00. The van der Waals surface area contributed by atoms with Crippen LogP contribution in [-0.4, -0.2) is 9.97 Å². The number of nitrogens with zero attached hydrogens (tertiary/aromatic N) is 2. The number of anilines is 1. The van der Waals surface area contributed by atoms with Crippen LogP contribution >= 0.6 is 0 Å². The second kappa shape index (κ2) is 4.33. The van der Waals surface area contributed by atoms with Crippen molar-refractivity contribution in [2.75, 3.05) is 5.73 Å². The normalized spacial score (nSPS) is 10.4. The van der Waals surface area contributed by atoms with E-state index in [4.69, 9.17) is 10.5 Å². The number of hydrogen-bond donors (Lipinski definition) is 1. The van der Waals surface area contributed by atoms with Crippen LogP contribution in [0.4, 0.5) is 5.69 Å². The number of rotatable bonds is 2. The van der Waals surface area contributed by atoms with Crippen LogP contribution in [0.25, 0.3) is 10.9 Å². The zero-order valence-corrected chi connectivity index (χ0v) is 9.58. The van der Waals surface area contributed by atoms with E-state index in [1.807, 2.05) is 30.3 Å². The lowest BCUT2D eigenvalue weighted by Gasteiger charge is -2.08. The average molecular weight is 237 g/mol. The van der Waals surface area contributed by atoms with Gasteiger partial charge in [-0.1, -0.05) is 6.07 Å². The number of nitrogen functional groups attached to an aromatic ring is 1. The van der Waals surface area contributed by atoms with E-state index < -0.39 is 0 Å². The quantitative estimate of drug-likeness (QED) is 0.744. The second-order valence-corrected chi connectivity index (χ2v) is 3.83. The van der Waals surface area contributed by atoms with Crippen LogP contribution in [0, 0.1) is 0 Å². The minimum Gasteiger partial charge on any atom is -0.436 e. The summed E-state index contributed by atoms with van der Waals surface area (Å²) in [7, 11) is 0. The third kappa shape index (κ3) is 1.84. The lowest BCUT2D eigenvalue weighted by molar-refractivity contribution is 0.471. The maximum absolute atomic E-state index is 5.81. The molecule has 2 aromatic heterocycles. The number of pyridine rings is 2. The topological polar surface area (TPSA) is 61.0 Å². The Morgan fingerprint density at radius 1 is 0.889 bits per heavy atom. The van der Waals surface area contributed by atoms with Crippen molar-refractivity contribution >= 4 is 16.6 Å². The molecule has 2 heterocycles. The molecule has 4 heteroatoms. The fourth-order valence-corrected chi connectivity index (χ4v) is 1.76. The van der Waals surface area contributed by atoms with Crippen LogP contribution in [0.3, 0.4) is 0 Å². The summed E-state index contributed by atoms with van der Waals surface area (Å²) in [6, 6.07) is 13.1. The smallest absolute Gasteiger partial charge is 0.242 e. The molecule has 3 aromatic rings. The highest BCUT2D eigenvalue weighted by molar-refractivity contribution is 5.85. The highest BCUT2D eigenvalue weighted by atomic mass is 16.5. The zero-order chi connectivity index (χ0) is 12.4. The van der Waals surface area contributed by atoms with Gasteiger partial charge in [0.25, 0.3) is 0 Å². The summed E-state index contributed by atoms with van der Waals surface area (Å²) in [4.78, 5) is 8.39. The van der Waals surface area contributed by atoms with Crippen LogP contribution in [0.2, 0.25) is 0 Å². The SMILES string of the molecule is Nc1cccnc1Oc1cccc2ncccc12. The van der Waals surface area contributed by atoms with Gasteiger partial charge < -0.3 is 10.5 Å². The molecule has 0 saturated carbocycles. The summed E-state index contributed by atoms with van der Waals surface area (Å²) < 4.78 is 5.75. The molecular weight excluding hydrogens is 226 g/mol. The maximum Gasteiger partial charge on any atom is 0.242 e. The van der Waals surface area contributed by atoms with Crippen molar-refractivity contribution in [2.45, 2.75) is 0 Å². The molecule has 0 aliphatic rings. The van der Waals surface area contributed by atoms with Crippen LogP contribution in [0.15, 0.2) is 54.9 Å². The number of nitrogens with two attached hydrogens (primary N) is 1. The highest BCUT2D eigenvalue weighted by Crippen LogP contribution is 2.30. The molecule has 3 rings (SSSR count). The molecule has 18 heavy (non-hydrogen) atoms. The van der Waals surface area contributed by atoms with E-state index in [0.717, 1.165) is 10.9 Å². The number of benzene rings is 1. The molecular formula is C14H11N3O. The second-order valence-electron chi connectivity index (χ2n) is 3.83. The van der Waals surface area contributed by atoms with E-state index in [-0.39, 0.29) is 0 Å². The Morgan fingerprint density at radius 2 is 1.72 bits per heavy atom. The van der Waals surface area contributed by atoms with E-state index in [1.165, 1.54) is 0 Å². The Bertz CT molecular complexity index is 692. The summed E-state index contributed by atoms with van der Waals surface area (Å²) in [6.07, 6.45) is 3.40. The van der Waals surface area contributed by atoms with E-state index in [2.05, 4.69) is 9.97 Å². The minimum atomic E-state index is 0.411. The molecule has 0 aliphatic heterocycles. The van der Waals surface area contributed by atoms with E-state index >= 15 is 0 Å². The fraction of sp³-hybridized carbons (Fsp3) is 0. The first-order valence-corrected chi connectivity index (χ1v) is 5.57. The average Bonchev–Trinajstić information content (AvgIpc) is 2.42. The molecule has 0 radical (unpaired) electrons. The summed E-state index contributed by atoms with van der Waals surface area (Å²) in [5.74, 6) is 1.11. The molecule has 2 N–H and O–H groups in total. The van der Waals surface area contributed by atoms with Gasteiger partial charge in [-0.3, -0.25) is 4.98 Å². The lowest BCUT2D eigenvalue weighted by Crippen LogP contribution is -1.94. The van der Waals surface area contributed by atoms with Crippen molar-refractivity contribution in [1.82, 2.24) is 9.97 Å². The highest BCUT2D eigenvalue weighted by Gasteiger charge is 2.06. The van der Waals surface area contributed by atoms with Gasteiger partial charge in [-0.15, -0.1) is 0 Å². The van der Waals surface area contributed by atoms with E-state index in [9.17, 15) is 0 Å². The predicted molar refractivity (Wildman–Crippen MR) is 70.5 cm³/mol. The van der Waals surface area contributed by atoms with Gasteiger partial charge in [-0.05, 0) is 36.4 Å². The third-order valence-corrected chi connectivity index (χ3v) is 2.61. The maximum atomic E-state index is 5.81. The first-order valence-electron chi connectivity index (χ1n) is 5.57. The zero-order valence-electron chi connectivity index (χ0n) is 9.58. The van der Waals surface area contributed by atoms with Crippen molar-refractivity contribution < 1.29 is 4.74 Å². The molecule has 0 saturated heterocycles. The van der Waals surface area contributed by atoms with Crippen molar-refractivity contribution in [2.24, 2.45) is 0 Å². The summed E-state index contributed by atoms with van der Waals surface area (Å²) in [5.41, 5.74) is 7.20. The number of hydrogen-bond acceptors (Lipinski definition) is 4. The molecule has 0 unspecified atom stereocenters. The minimum absolute atomic E-state index is 0.411. The number of aromatic nitrogens is 2. The van der Waals surface area contributed by atoms with Crippen LogP contribution in [-0.2, 0) is 0 Å². The summed E-state index contributed by atoms with van der Waals surface area (Å²) in [6.45, 7) is 0. The fourth-order valence-electron chi connectivity index (χ4n) is 1.76. The molecule has 0 aliphatic carbocycles. The molecule has 0 bridgehead atoms. The van der Waals surface area contributed by atoms with Gasteiger partial charge >= 0.3 is 0 Å². The standard InChI is InChI=1S/C14H11N3O/c15-11-5-3-9-17-14(11)18-13-7-1-6-12-10(13)4-2-8-16-12/h1-9H,15H2. The molecule has 4 nitrogen and oxygen atoms in total. The third-order valence-electron chi connectivity index (χ3n) is 2.61. The molecule has 0 amide bonds. The van der Waals surface area contributed by atoms with Crippen LogP contribution in [0.5, 0.6) is 11.6 Å². The van der Waals surface area contributed by atoms with E-state index in [0.29, 0.717) is 17.3 Å². The first-order chi connectivity index (χ1) is 8.84. The van der Waals surface area contributed by atoms with E-state index in [1.54, 1.807) is 24.5 Å². The monoisotopic (exact) mass is 237 g/mol. The molecule has 0 spiro atoms. The Hall–Kier alpha value is -2.62. The molecule has 0 fully saturated rings. The molecule has 88 valence electrons. The molecule has 1 aromatic carbocycles. The number of fused-ring (bicyclic) bond motifs is 1. The Morgan fingerprint density at radius 3 is 2.61 bits per heavy atom.